The van der Waals surface area contributed by atoms with Crippen LogP contribution in [0.1, 0.15) is 13.8 Å². The number of benzene rings is 2. The van der Waals surface area contributed by atoms with E-state index < -0.39 is 0 Å². The minimum Gasteiger partial charge on any atom is -0.126 e. The first-order chi connectivity index (χ1) is 8.85. The summed E-state index contributed by atoms with van der Waals surface area (Å²) >= 11 is 1.90. The van der Waals surface area contributed by atoms with Crippen LogP contribution in [0.3, 0.4) is 0 Å². The molecule has 0 saturated heterocycles. The number of hydrogen-bond acceptors (Lipinski definition) is 1. The van der Waals surface area contributed by atoms with Gasteiger partial charge in [0.25, 0.3) is 0 Å². The van der Waals surface area contributed by atoms with Gasteiger partial charge >= 0.3 is 0 Å². The van der Waals surface area contributed by atoms with Crippen LogP contribution in [0.4, 0.5) is 0 Å². The van der Waals surface area contributed by atoms with E-state index in [1.165, 1.54) is 20.4 Å². The normalized spacial score (nSPS) is 12.3. The molecule has 0 N–H and O–H groups in total. The van der Waals surface area contributed by atoms with Gasteiger partial charge in [-0.2, -0.15) is 0 Å². The molecule has 0 radical (unpaired) electrons. The highest BCUT2D eigenvalue weighted by Crippen LogP contribution is 2.26. The number of hydrogen-bond donors (Lipinski definition) is 0. The zero-order valence-corrected chi connectivity index (χ0v) is 12.6. The van der Waals surface area contributed by atoms with Gasteiger partial charge in [0, 0.05) is 4.90 Å². The molecule has 2 aromatic rings. The van der Waals surface area contributed by atoms with Gasteiger partial charge in [0.15, 0.2) is 9.79 Å². The van der Waals surface area contributed by atoms with Crippen LogP contribution in [0.25, 0.3) is 0 Å². The third-order valence-electron chi connectivity index (χ3n) is 2.74. The van der Waals surface area contributed by atoms with Crippen molar-refractivity contribution in [1.82, 2.24) is 0 Å². The van der Waals surface area contributed by atoms with Gasteiger partial charge in [0.1, 0.15) is 5.75 Å². The minimum absolute atomic E-state index is 0.220. The third-order valence-corrected chi connectivity index (χ3v) is 5.89. The highest BCUT2D eigenvalue weighted by Gasteiger charge is 2.22. The van der Waals surface area contributed by atoms with E-state index in [9.17, 15) is 0 Å². The Morgan fingerprint density at radius 2 is 1.44 bits per heavy atom. The Bertz CT molecular complexity index is 462. The minimum atomic E-state index is 0.220. The van der Waals surface area contributed by atoms with Crippen molar-refractivity contribution in [2.45, 2.75) is 28.5 Å². The van der Waals surface area contributed by atoms with Crippen LogP contribution in [0.5, 0.6) is 0 Å². The first kappa shape index (κ1) is 13.6. The van der Waals surface area contributed by atoms with Gasteiger partial charge in [-0.15, -0.1) is 11.8 Å². The second-order valence-electron chi connectivity index (χ2n) is 3.90. The van der Waals surface area contributed by atoms with Gasteiger partial charge in [-0.25, -0.2) is 0 Å². The molecule has 0 fully saturated rings. The second kappa shape index (κ2) is 6.91. The van der Waals surface area contributed by atoms with Crippen molar-refractivity contribution < 1.29 is 0 Å². The lowest BCUT2D eigenvalue weighted by Crippen LogP contribution is -2.05. The lowest BCUT2D eigenvalue weighted by Gasteiger charge is -2.06. The Balaban J connectivity index is 2.23. The summed E-state index contributed by atoms with van der Waals surface area (Å²) in [5, 5.41) is 0. The van der Waals surface area contributed by atoms with E-state index in [0.29, 0.717) is 0 Å². The molecule has 2 heteroatoms. The van der Waals surface area contributed by atoms with E-state index in [-0.39, 0.29) is 10.9 Å². The lowest BCUT2D eigenvalue weighted by atomic mass is 10.4. The molecule has 0 aromatic heterocycles. The summed E-state index contributed by atoms with van der Waals surface area (Å²) in [5.41, 5.74) is 0. The van der Waals surface area contributed by atoms with Crippen LogP contribution in [0, 0.1) is 0 Å². The lowest BCUT2D eigenvalue weighted by molar-refractivity contribution is 1.29. The van der Waals surface area contributed by atoms with Crippen LogP contribution in [0.2, 0.25) is 0 Å². The van der Waals surface area contributed by atoms with Crippen molar-refractivity contribution in [3.8, 4) is 0 Å². The monoisotopic (exact) mass is 275 g/mol. The summed E-state index contributed by atoms with van der Waals surface area (Å²) in [7, 11) is 0.220. The quantitative estimate of drug-likeness (QED) is 0.555. The molecule has 0 heterocycles. The van der Waals surface area contributed by atoms with Crippen molar-refractivity contribution in [1.29, 1.82) is 0 Å². The van der Waals surface area contributed by atoms with E-state index in [4.69, 9.17) is 0 Å². The molecule has 0 nitrogen and oxygen atoms in total. The fourth-order valence-electron chi connectivity index (χ4n) is 1.92. The van der Waals surface area contributed by atoms with Gasteiger partial charge in [0.2, 0.25) is 0 Å². The Labute approximate surface area is 117 Å². The second-order valence-corrected chi connectivity index (χ2v) is 7.54. The summed E-state index contributed by atoms with van der Waals surface area (Å²) in [5.74, 6) is 2.31. The highest BCUT2D eigenvalue weighted by atomic mass is 32.2. The maximum Gasteiger partial charge on any atom is 0.160 e. The molecule has 2 aromatic carbocycles. The first-order valence-electron chi connectivity index (χ1n) is 6.34. The molecule has 0 aliphatic carbocycles. The number of rotatable bonds is 5. The summed E-state index contributed by atoms with van der Waals surface area (Å²) in [4.78, 5) is 4.26. The standard InChI is InChI=1S/C16H19S2/c1-3-17-14-10-12-16(13-11-14)18(4-2)15-8-6-5-7-9-15/h5-13H,3-4H2,1-2H3/q+1. The van der Waals surface area contributed by atoms with Crippen molar-refractivity contribution in [2.24, 2.45) is 0 Å². The maximum absolute atomic E-state index is 2.29. The molecule has 18 heavy (non-hydrogen) atoms. The molecule has 0 aliphatic rings. The molecular weight excluding hydrogens is 256 g/mol. The molecule has 94 valence electrons. The van der Waals surface area contributed by atoms with Gasteiger partial charge in [0.05, 0.1) is 10.9 Å². The van der Waals surface area contributed by atoms with Crippen LogP contribution >= 0.6 is 11.8 Å². The van der Waals surface area contributed by atoms with Crippen LogP contribution in [0.15, 0.2) is 69.3 Å². The Morgan fingerprint density at radius 1 is 0.833 bits per heavy atom. The molecule has 0 spiro atoms. The fourth-order valence-corrected chi connectivity index (χ4v) is 4.47. The van der Waals surface area contributed by atoms with E-state index in [2.05, 4.69) is 68.4 Å². The summed E-state index contributed by atoms with van der Waals surface area (Å²) in [6.45, 7) is 4.46. The van der Waals surface area contributed by atoms with Crippen molar-refractivity contribution in [2.75, 3.05) is 11.5 Å². The van der Waals surface area contributed by atoms with Crippen LogP contribution in [-0.4, -0.2) is 11.5 Å². The van der Waals surface area contributed by atoms with E-state index in [1.54, 1.807) is 0 Å². The summed E-state index contributed by atoms with van der Waals surface area (Å²) in [6.07, 6.45) is 0. The molecule has 2 rings (SSSR count). The van der Waals surface area contributed by atoms with Crippen LogP contribution in [-0.2, 0) is 10.9 Å². The number of thioether (sulfide) groups is 1. The maximum atomic E-state index is 2.29. The van der Waals surface area contributed by atoms with Crippen molar-refractivity contribution in [3.05, 3.63) is 54.6 Å². The predicted molar refractivity (Wildman–Crippen MR) is 83.7 cm³/mol. The van der Waals surface area contributed by atoms with Gasteiger partial charge in [-0.1, -0.05) is 25.1 Å². The molecule has 0 amide bonds. The summed E-state index contributed by atoms with van der Waals surface area (Å²) in [6, 6.07) is 19.9. The highest BCUT2D eigenvalue weighted by molar-refractivity contribution is 7.99. The van der Waals surface area contributed by atoms with Gasteiger partial charge in [-0.05, 0) is 49.1 Å². The fraction of sp³-hybridized carbons (Fsp3) is 0.250. The van der Waals surface area contributed by atoms with Crippen LogP contribution < -0.4 is 0 Å². The predicted octanol–water partition coefficient (Wildman–Crippen LogP) is 4.85. The Hall–Kier alpha value is -0.860. The third kappa shape index (κ3) is 3.33. The van der Waals surface area contributed by atoms with Crippen molar-refractivity contribution in [3.63, 3.8) is 0 Å². The molecule has 0 saturated carbocycles. The Kier molecular flexibility index (Phi) is 5.21. The zero-order chi connectivity index (χ0) is 12.8. The zero-order valence-electron chi connectivity index (χ0n) is 10.9. The van der Waals surface area contributed by atoms with Gasteiger partial charge < -0.3 is 0 Å². The molecule has 0 aliphatic heterocycles. The van der Waals surface area contributed by atoms with E-state index in [1.807, 2.05) is 11.8 Å². The van der Waals surface area contributed by atoms with Gasteiger partial charge in [-0.3, -0.25) is 0 Å². The SMILES string of the molecule is CCSc1ccc([S+](CC)c2ccccc2)cc1. The topological polar surface area (TPSA) is 0 Å². The van der Waals surface area contributed by atoms with E-state index >= 15 is 0 Å². The van der Waals surface area contributed by atoms with Crippen molar-refractivity contribution >= 4 is 22.7 Å². The first-order valence-corrected chi connectivity index (χ1v) is 8.72. The Morgan fingerprint density at radius 3 is 2.00 bits per heavy atom. The van der Waals surface area contributed by atoms with E-state index in [0.717, 1.165) is 5.75 Å². The smallest absolute Gasteiger partial charge is 0.126 e. The molecule has 1 atom stereocenters. The molecular formula is C16H19S2+. The largest absolute Gasteiger partial charge is 0.160 e. The summed E-state index contributed by atoms with van der Waals surface area (Å²) < 4.78 is 0. The molecule has 0 bridgehead atoms. The average molecular weight is 275 g/mol. The molecule has 1 unspecified atom stereocenters. The average Bonchev–Trinajstić information content (AvgIpc) is 2.43.